The Kier molecular flexibility index (Phi) is 19.5. The van der Waals surface area contributed by atoms with Crippen molar-refractivity contribution in [2.75, 3.05) is 6.54 Å². The van der Waals surface area contributed by atoms with Gasteiger partial charge in [-0.25, -0.2) is 14.4 Å². The molecule has 0 heterocycles. The number of carboxylic acids is 3. The monoisotopic (exact) mass is 514 g/mol. The Morgan fingerprint density at radius 2 is 0.722 bits per heavy atom. The Labute approximate surface area is 220 Å². The highest BCUT2D eigenvalue weighted by molar-refractivity contribution is 5.78. The highest BCUT2D eigenvalue weighted by Gasteiger charge is 2.55. The van der Waals surface area contributed by atoms with E-state index in [-0.39, 0.29) is 25.8 Å². The lowest BCUT2D eigenvalue weighted by Crippen LogP contribution is -2.72. The van der Waals surface area contributed by atoms with Gasteiger partial charge in [0, 0.05) is 19.3 Å². The van der Waals surface area contributed by atoms with Crippen LogP contribution in [0, 0.1) is 0 Å². The van der Waals surface area contributed by atoms with Gasteiger partial charge in [-0.3, -0.25) is 4.48 Å². The first-order valence-corrected chi connectivity index (χ1v) is 14.8. The van der Waals surface area contributed by atoms with Crippen molar-refractivity contribution >= 4 is 17.9 Å². The summed E-state index contributed by atoms with van der Waals surface area (Å²) in [5, 5.41) is 30.0. The van der Waals surface area contributed by atoms with E-state index in [2.05, 4.69) is 6.92 Å². The summed E-state index contributed by atoms with van der Waals surface area (Å²) in [7, 11) is 0. The summed E-state index contributed by atoms with van der Waals surface area (Å²) in [5.41, 5.74) is 0. The van der Waals surface area contributed by atoms with Crippen LogP contribution in [0.1, 0.15) is 143 Å². The molecule has 0 fully saturated rings. The Hall–Kier alpha value is -1.63. The van der Waals surface area contributed by atoms with Crippen LogP contribution >= 0.6 is 0 Å². The number of unbranched alkanes of at least 4 members (excludes halogenated alkanes) is 14. The zero-order valence-electron chi connectivity index (χ0n) is 23.7. The fraction of sp³-hybridized carbons (Fsp3) is 0.897. The van der Waals surface area contributed by atoms with E-state index in [1.165, 1.54) is 70.6 Å². The molecule has 0 radical (unpaired) electrons. The number of nitrogens with zero attached hydrogens (tertiary/aromatic N) is 1. The molecule has 0 aromatic heterocycles. The van der Waals surface area contributed by atoms with Crippen LogP contribution in [0.3, 0.4) is 0 Å². The van der Waals surface area contributed by atoms with Gasteiger partial charge in [-0.15, -0.1) is 0 Å². The van der Waals surface area contributed by atoms with Crippen LogP contribution in [0.25, 0.3) is 0 Å². The Morgan fingerprint density at radius 3 is 0.944 bits per heavy atom. The highest BCUT2D eigenvalue weighted by atomic mass is 16.4. The van der Waals surface area contributed by atoms with Crippen LogP contribution in [0.2, 0.25) is 0 Å². The minimum atomic E-state index is -1.11. The van der Waals surface area contributed by atoms with Crippen molar-refractivity contribution < 1.29 is 34.2 Å². The van der Waals surface area contributed by atoms with Crippen molar-refractivity contribution in [3.63, 3.8) is 0 Å². The summed E-state index contributed by atoms with van der Waals surface area (Å²) < 4.78 is -0.401. The van der Waals surface area contributed by atoms with Gasteiger partial charge >= 0.3 is 17.9 Å². The molecule has 0 aliphatic carbocycles. The van der Waals surface area contributed by atoms with Crippen LogP contribution in [-0.2, 0) is 14.4 Å². The summed E-state index contributed by atoms with van der Waals surface area (Å²) >= 11 is 0. The topological polar surface area (TPSA) is 112 Å². The summed E-state index contributed by atoms with van der Waals surface area (Å²) in [5.74, 6) is -3.34. The van der Waals surface area contributed by atoms with Gasteiger partial charge < -0.3 is 15.3 Å². The molecule has 3 unspecified atom stereocenters. The number of aliphatic carboxylic acids is 3. The van der Waals surface area contributed by atoms with Gasteiger partial charge in [0.2, 0.25) is 0 Å². The van der Waals surface area contributed by atoms with Crippen molar-refractivity contribution in [3.8, 4) is 0 Å². The van der Waals surface area contributed by atoms with Crippen molar-refractivity contribution in [2.24, 2.45) is 0 Å². The molecule has 7 nitrogen and oxygen atoms in total. The molecule has 0 saturated heterocycles. The summed E-state index contributed by atoms with van der Waals surface area (Å²) in [6.07, 6.45) is 18.7. The van der Waals surface area contributed by atoms with Gasteiger partial charge in [-0.05, 0) is 12.8 Å². The second-order valence-electron chi connectivity index (χ2n) is 10.5. The van der Waals surface area contributed by atoms with E-state index in [9.17, 15) is 29.7 Å². The first-order valence-electron chi connectivity index (χ1n) is 14.8. The minimum absolute atomic E-state index is 0.196. The van der Waals surface area contributed by atoms with E-state index in [4.69, 9.17) is 0 Å². The van der Waals surface area contributed by atoms with Crippen molar-refractivity contribution in [2.45, 2.75) is 161 Å². The number of rotatable bonds is 25. The SMILES string of the molecule is CCCCCCCCCCCCCCCCC[N+](C(CC)C(=O)O)(C(CC)C(=O)O)C(CC)C(=O)O. The predicted molar refractivity (Wildman–Crippen MR) is 145 cm³/mol. The molecule has 0 aromatic rings. The van der Waals surface area contributed by atoms with Crippen LogP contribution in [0.4, 0.5) is 0 Å². The molecule has 0 amide bonds. The van der Waals surface area contributed by atoms with E-state index in [1.807, 2.05) is 0 Å². The van der Waals surface area contributed by atoms with Crippen molar-refractivity contribution in [1.29, 1.82) is 0 Å². The second kappa shape index (κ2) is 20.4. The molecule has 3 atom stereocenters. The average molecular weight is 515 g/mol. The lowest BCUT2D eigenvalue weighted by atomic mass is 9.93. The van der Waals surface area contributed by atoms with Gasteiger partial charge in [-0.1, -0.05) is 111 Å². The maximum atomic E-state index is 12.2. The zero-order chi connectivity index (χ0) is 27.4. The number of hydrogen-bond donors (Lipinski definition) is 3. The van der Waals surface area contributed by atoms with Crippen LogP contribution in [0.15, 0.2) is 0 Å². The predicted octanol–water partition coefficient (Wildman–Crippen LogP) is 7.26. The van der Waals surface area contributed by atoms with E-state index in [1.54, 1.807) is 20.8 Å². The Balaban J connectivity index is 4.79. The Bertz CT molecular complexity index is 554. The fourth-order valence-electron chi connectivity index (χ4n) is 6.04. The first kappa shape index (κ1) is 34.4. The zero-order valence-corrected chi connectivity index (χ0v) is 23.7. The third-order valence-corrected chi connectivity index (χ3v) is 7.91. The lowest BCUT2D eigenvalue weighted by molar-refractivity contribution is -0.973. The molecule has 0 rings (SSSR count). The van der Waals surface area contributed by atoms with E-state index in [0.717, 1.165) is 19.3 Å². The van der Waals surface area contributed by atoms with Crippen molar-refractivity contribution in [3.05, 3.63) is 0 Å². The lowest BCUT2D eigenvalue weighted by Gasteiger charge is -2.49. The largest absolute Gasteiger partial charge is 0.477 e. The average Bonchev–Trinajstić information content (AvgIpc) is 2.82. The molecule has 0 aliphatic rings. The summed E-state index contributed by atoms with van der Waals surface area (Å²) in [4.78, 5) is 36.7. The molecule has 0 bridgehead atoms. The number of quaternary nitrogens is 1. The molecule has 7 heteroatoms. The number of carbonyl (C=O) groups is 3. The molecule has 0 aromatic carbocycles. The molecule has 36 heavy (non-hydrogen) atoms. The molecule has 3 N–H and O–H groups in total. The van der Waals surface area contributed by atoms with Crippen LogP contribution < -0.4 is 0 Å². The number of hydrogen-bond acceptors (Lipinski definition) is 3. The van der Waals surface area contributed by atoms with Crippen LogP contribution in [0.5, 0.6) is 0 Å². The van der Waals surface area contributed by atoms with E-state index < -0.39 is 40.5 Å². The molecular weight excluding hydrogens is 458 g/mol. The third-order valence-electron chi connectivity index (χ3n) is 7.91. The second-order valence-corrected chi connectivity index (χ2v) is 10.5. The smallest absolute Gasteiger partial charge is 0.362 e. The molecule has 212 valence electrons. The van der Waals surface area contributed by atoms with Gasteiger partial charge in [-0.2, -0.15) is 0 Å². The first-order chi connectivity index (χ1) is 17.2. The molecule has 0 aliphatic heterocycles. The maximum Gasteiger partial charge on any atom is 0.362 e. The normalized spacial score (nSPS) is 15.7. The highest BCUT2D eigenvalue weighted by Crippen LogP contribution is 2.32. The van der Waals surface area contributed by atoms with Crippen LogP contribution in [-0.4, -0.2) is 62.4 Å². The van der Waals surface area contributed by atoms with Crippen molar-refractivity contribution in [1.82, 2.24) is 0 Å². The molecule has 0 spiro atoms. The van der Waals surface area contributed by atoms with Gasteiger partial charge in [0.1, 0.15) is 0 Å². The quantitative estimate of drug-likeness (QED) is 0.0872. The van der Waals surface area contributed by atoms with E-state index >= 15 is 0 Å². The summed E-state index contributed by atoms with van der Waals surface area (Å²) in [6.45, 7) is 7.64. The maximum absolute atomic E-state index is 12.2. The minimum Gasteiger partial charge on any atom is -0.477 e. The van der Waals surface area contributed by atoms with E-state index in [0.29, 0.717) is 6.42 Å². The van der Waals surface area contributed by atoms with Gasteiger partial charge in [0.15, 0.2) is 18.1 Å². The summed E-state index contributed by atoms with van der Waals surface area (Å²) in [6, 6.07) is -3.17. The molecular formula is C29H56NO6+. The fourth-order valence-corrected chi connectivity index (χ4v) is 6.04. The van der Waals surface area contributed by atoms with Gasteiger partial charge in [0.05, 0.1) is 6.54 Å². The van der Waals surface area contributed by atoms with Gasteiger partial charge in [0.25, 0.3) is 0 Å². The number of carboxylic acid groups (broad SMARTS) is 3. The Morgan fingerprint density at radius 1 is 0.472 bits per heavy atom. The third kappa shape index (κ3) is 11.6. The standard InChI is InChI=1S/C29H55NO6/c1-5-9-10-11-12-13-14-15-16-17-18-19-20-21-22-23-30(24(6-2)27(31)32,25(7-3)28(33)34)26(8-4)29(35)36/h24-26H,5-23H2,1-4H3,(H2-,31,32,33,34,35,36)/p+1. The molecule has 0 saturated carbocycles.